The van der Waals surface area contributed by atoms with Gasteiger partial charge in [-0.1, -0.05) is 6.07 Å². The number of hydrogen-bond donors (Lipinski definition) is 2. The number of esters is 2. The van der Waals surface area contributed by atoms with Crippen molar-refractivity contribution in [2.24, 2.45) is 0 Å². The summed E-state index contributed by atoms with van der Waals surface area (Å²) in [6.07, 6.45) is 4.26. The molecule has 2 N–H and O–H groups in total. The highest BCUT2D eigenvalue weighted by Crippen LogP contribution is 2.32. The first-order valence-electron chi connectivity index (χ1n) is 9.86. The molecule has 1 atom stereocenters. The van der Waals surface area contributed by atoms with Crippen LogP contribution in [0, 0.1) is 0 Å². The zero-order valence-corrected chi connectivity index (χ0v) is 18.1. The third-order valence-corrected chi connectivity index (χ3v) is 7.18. The van der Waals surface area contributed by atoms with E-state index in [9.17, 15) is 14.4 Å². The highest BCUT2D eigenvalue weighted by molar-refractivity contribution is 7.14. The van der Waals surface area contributed by atoms with Crippen LogP contribution in [0.25, 0.3) is 0 Å². The molecule has 3 heterocycles. The maximum Gasteiger partial charge on any atom is 0.348 e. The highest BCUT2D eigenvalue weighted by atomic mass is 32.1. The molecule has 0 radical (unpaired) electrons. The molecule has 0 saturated heterocycles. The Balaban J connectivity index is 1.57. The van der Waals surface area contributed by atoms with Crippen LogP contribution in [0.5, 0.6) is 0 Å². The van der Waals surface area contributed by atoms with E-state index in [2.05, 4.69) is 10.6 Å². The van der Waals surface area contributed by atoms with Gasteiger partial charge in [-0.05, 0) is 55.7 Å². The minimum absolute atomic E-state index is 0.196. The van der Waals surface area contributed by atoms with Crippen LogP contribution in [-0.2, 0) is 27.1 Å². The normalized spacial score (nSPS) is 18.3. The topological polar surface area (TPSA) is 93.7 Å². The van der Waals surface area contributed by atoms with E-state index in [0.717, 1.165) is 30.6 Å². The Morgan fingerprint density at radius 1 is 1.20 bits per heavy atom. The lowest BCUT2D eigenvalue weighted by Crippen LogP contribution is -2.46. The van der Waals surface area contributed by atoms with Crippen molar-refractivity contribution in [2.75, 3.05) is 13.2 Å². The van der Waals surface area contributed by atoms with Crippen LogP contribution in [0.1, 0.15) is 50.8 Å². The van der Waals surface area contributed by atoms with E-state index in [1.165, 1.54) is 33.1 Å². The lowest BCUT2D eigenvalue weighted by atomic mass is 9.99. The van der Waals surface area contributed by atoms with Crippen molar-refractivity contribution in [1.82, 2.24) is 10.6 Å². The van der Waals surface area contributed by atoms with Crippen molar-refractivity contribution < 1.29 is 23.9 Å². The Bertz CT molecular complexity index is 970. The fourth-order valence-corrected chi connectivity index (χ4v) is 5.58. The number of ether oxygens (including phenoxy) is 2. The number of urea groups is 1. The van der Waals surface area contributed by atoms with E-state index >= 15 is 0 Å². The molecule has 1 aliphatic carbocycles. The van der Waals surface area contributed by atoms with Gasteiger partial charge >= 0.3 is 18.0 Å². The molecule has 2 amide bonds. The van der Waals surface area contributed by atoms with Gasteiger partial charge in [-0.15, -0.1) is 22.7 Å². The average Bonchev–Trinajstić information content (AvgIpc) is 3.41. The zero-order chi connectivity index (χ0) is 21.1. The van der Waals surface area contributed by atoms with Gasteiger partial charge in [0.25, 0.3) is 0 Å². The molecular weight excluding hydrogens is 424 g/mol. The summed E-state index contributed by atoms with van der Waals surface area (Å²) >= 11 is 2.88. The molecule has 0 unspecified atom stereocenters. The predicted molar refractivity (Wildman–Crippen MR) is 114 cm³/mol. The largest absolute Gasteiger partial charge is 0.463 e. The minimum atomic E-state index is -0.652. The van der Waals surface area contributed by atoms with Gasteiger partial charge in [0.2, 0.25) is 0 Å². The molecule has 0 saturated carbocycles. The summed E-state index contributed by atoms with van der Waals surface area (Å²) < 4.78 is 10.7. The number of nitrogens with one attached hydrogen (secondary N) is 2. The van der Waals surface area contributed by atoms with Crippen LogP contribution in [0.3, 0.4) is 0 Å². The van der Waals surface area contributed by atoms with Crippen molar-refractivity contribution in [1.29, 1.82) is 0 Å². The SMILES string of the molecule is CCOC(=O)C1=C(COC(=O)c2cc3c(s2)CCCC3)NC(=O)N[C@@H]1c1cccs1. The summed E-state index contributed by atoms with van der Waals surface area (Å²) in [6, 6.07) is 4.46. The summed E-state index contributed by atoms with van der Waals surface area (Å²) in [6.45, 7) is 1.69. The van der Waals surface area contributed by atoms with E-state index in [1.54, 1.807) is 6.92 Å². The van der Waals surface area contributed by atoms with Gasteiger partial charge in [-0.2, -0.15) is 0 Å². The number of thiophene rings is 2. The van der Waals surface area contributed by atoms with Gasteiger partial charge in [-0.3, -0.25) is 0 Å². The van der Waals surface area contributed by atoms with Crippen molar-refractivity contribution in [3.05, 3.63) is 55.0 Å². The number of amides is 2. The molecule has 2 aliphatic rings. The Hall–Kier alpha value is -2.65. The maximum atomic E-state index is 12.7. The smallest absolute Gasteiger partial charge is 0.348 e. The lowest BCUT2D eigenvalue weighted by molar-refractivity contribution is -0.139. The van der Waals surface area contributed by atoms with Gasteiger partial charge in [0, 0.05) is 9.75 Å². The summed E-state index contributed by atoms with van der Waals surface area (Å²) in [5.41, 5.74) is 1.71. The first-order chi connectivity index (χ1) is 14.6. The van der Waals surface area contributed by atoms with Crippen molar-refractivity contribution in [2.45, 2.75) is 38.6 Å². The number of hydrogen-bond acceptors (Lipinski definition) is 7. The molecular formula is C21H22N2O5S2. The van der Waals surface area contributed by atoms with Gasteiger partial charge in [0.05, 0.1) is 23.9 Å². The second kappa shape index (κ2) is 9.01. The Labute approximate surface area is 182 Å². The summed E-state index contributed by atoms with van der Waals surface area (Å²) in [4.78, 5) is 40.1. The first kappa shape index (κ1) is 20.6. The second-order valence-electron chi connectivity index (χ2n) is 7.00. The molecule has 0 fully saturated rings. The van der Waals surface area contributed by atoms with Crippen molar-refractivity contribution >= 4 is 40.6 Å². The molecule has 9 heteroatoms. The second-order valence-corrected chi connectivity index (χ2v) is 9.12. The Kier molecular flexibility index (Phi) is 6.19. The molecule has 7 nitrogen and oxygen atoms in total. The van der Waals surface area contributed by atoms with E-state index < -0.39 is 24.0 Å². The number of carbonyl (C=O) groups is 3. The summed E-state index contributed by atoms with van der Waals surface area (Å²) in [5.74, 6) is -1.01. The van der Waals surface area contributed by atoms with Crippen LogP contribution in [-0.4, -0.2) is 31.2 Å². The van der Waals surface area contributed by atoms with Crippen molar-refractivity contribution in [3.8, 4) is 0 Å². The van der Waals surface area contributed by atoms with Crippen LogP contribution in [0.15, 0.2) is 34.8 Å². The first-order valence-corrected chi connectivity index (χ1v) is 11.6. The van der Waals surface area contributed by atoms with Crippen LogP contribution < -0.4 is 10.6 Å². The molecule has 30 heavy (non-hydrogen) atoms. The number of carbonyl (C=O) groups excluding carboxylic acids is 3. The van der Waals surface area contributed by atoms with E-state index in [4.69, 9.17) is 9.47 Å². The van der Waals surface area contributed by atoms with Gasteiger partial charge in [0.1, 0.15) is 11.5 Å². The third kappa shape index (κ3) is 4.27. The van der Waals surface area contributed by atoms with Gasteiger partial charge in [0.15, 0.2) is 0 Å². The fraction of sp³-hybridized carbons (Fsp3) is 0.381. The monoisotopic (exact) mass is 446 g/mol. The Morgan fingerprint density at radius 3 is 2.77 bits per heavy atom. The van der Waals surface area contributed by atoms with E-state index in [0.29, 0.717) is 4.88 Å². The molecule has 158 valence electrons. The van der Waals surface area contributed by atoms with Crippen molar-refractivity contribution in [3.63, 3.8) is 0 Å². The quantitative estimate of drug-likeness (QED) is 0.660. The molecule has 4 rings (SSSR count). The molecule has 0 spiro atoms. The number of aryl methyl sites for hydroxylation is 2. The maximum absolute atomic E-state index is 12.7. The predicted octanol–water partition coefficient (Wildman–Crippen LogP) is 3.72. The summed E-state index contributed by atoms with van der Waals surface area (Å²) in [5, 5.41) is 7.23. The highest BCUT2D eigenvalue weighted by Gasteiger charge is 2.35. The average molecular weight is 447 g/mol. The standard InChI is InChI=1S/C21H22N2O5S2/c1-2-27-20(25)17-13(22-21(26)23-18(17)15-8-5-9-29-15)11-28-19(24)16-10-12-6-3-4-7-14(12)30-16/h5,8-10,18H,2-4,6-7,11H2,1H3,(H2,22,23,26)/t18-/m1/s1. The Morgan fingerprint density at radius 2 is 2.03 bits per heavy atom. The molecule has 1 aliphatic heterocycles. The lowest BCUT2D eigenvalue weighted by Gasteiger charge is -2.28. The number of fused-ring (bicyclic) bond motifs is 1. The van der Waals surface area contributed by atoms with E-state index in [1.807, 2.05) is 23.6 Å². The minimum Gasteiger partial charge on any atom is -0.463 e. The van der Waals surface area contributed by atoms with Gasteiger partial charge < -0.3 is 20.1 Å². The van der Waals surface area contributed by atoms with Crippen LogP contribution >= 0.6 is 22.7 Å². The zero-order valence-electron chi connectivity index (χ0n) is 16.5. The van der Waals surface area contributed by atoms with Gasteiger partial charge in [-0.25, -0.2) is 14.4 Å². The van der Waals surface area contributed by atoms with Crippen LogP contribution in [0.4, 0.5) is 4.79 Å². The molecule has 0 aromatic carbocycles. The van der Waals surface area contributed by atoms with E-state index in [-0.39, 0.29) is 24.5 Å². The number of rotatable bonds is 6. The third-order valence-electron chi connectivity index (χ3n) is 5.02. The fourth-order valence-electron chi connectivity index (χ4n) is 3.65. The molecule has 2 aromatic rings. The summed E-state index contributed by atoms with van der Waals surface area (Å²) in [7, 11) is 0. The molecule has 2 aromatic heterocycles. The molecule has 0 bridgehead atoms. The van der Waals surface area contributed by atoms with Crippen LogP contribution in [0.2, 0.25) is 0 Å².